The number of amidine groups is 1. The molecule has 39 heavy (non-hydrogen) atoms. The Morgan fingerprint density at radius 3 is 2.36 bits per heavy atom. The first kappa shape index (κ1) is 28.6. The first-order valence-corrected chi connectivity index (χ1v) is 13.7. The average Bonchev–Trinajstić information content (AvgIpc) is 3.16. The molecule has 1 N–H and O–H groups in total. The van der Waals surface area contributed by atoms with Crippen molar-refractivity contribution >= 4 is 69.3 Å². The van der Waals surface area contributed by atoms with Crippen LogP contribution in [-0.4, -0.2) is 46.3 Å². The van der Waals surface area contributed by atoms with Crippen molar-refractivity contribution in [2.45, 2.75) is 25.0 Å². The number of benzene rings is 3. The van der Waals surface area contributed by atoms with E-state index in [0.29, 0.717) is 45.1 Å². The minimum absolute atomic E-state index is 0.0957. The van der Waals surface area contributed by atoms with Crippen LogP contribution < -0.4 is 5.32 Å². The molecule has 2 amide bonds. The third-order valence-electron chi connectivity index (χ3n) is 5.68. The second-order valence-corrected chi connectivity index (χ2v) is 10.6. The van der Waals surface area contributed by atoms with Gasteiger partial charge in [-0.15, -0.1) is 0 Å². The van der Waals surface area contributed by atoms with E-state index in [1.807, 2.05) is 0 Å². The predicted molar refractivity (Wildman–Crippen MR) is 152 cm³/mol. The summed E-state index contributed by atoms with van der Waals surface area (Å²) >= 11 is 13.2. The van der Waals surface area contributed by atoms with Gasteiger partial charge in [-0.2, -0.15) is 0 Å². The molecule has 1 atom stereocenters. The monoisotopic (exact) mass is 587 g/mol. The van der Waals surface area contributed by atoms with E-state index in [9.17, 15) is 18.8 Å². The molecule has 202 valence electrons. The van der Waals surface area contributed by atoms with Gasteiger partial charge in [-0.05, 0) is 73.5 Å². The highest BCUT2D eigenvalue weighted by atomic mass is 35.5. The Hall–Kier alpha value is -3.40. The zero-order valence-electron chi connectivity index (χ0n) is 20.8. The summed E-state index contributed by atoms with van der Waals surface area (Å²) in [6.45, 7) is 2.29. The van der Waals surface area contributed by atoms with Crippen LogP contribution in [0.4, 0.5) is 15.8 Å². The van der Waals surface area contributed by atoms with Gasteiger partial charge in [0.05, 0.1) is 17.9 Å². The molecule has 1 saturated heterocycles. The molecular formula is C28H24Cl2FN3O4S. The number of halogens is 3. The van der Waals surface area contributed by atoms with E-state index < -0.39 is 11.2 Å². The average molecular weight is 588 g/mol. The summed E-state index contributed by atoms with van der Waals surface area (Å²) in [5, 5.41) is 3.20. The van der Waals surface area contributed by atoms with Gasteiger partial charge in [-0.25, -0.2) is 14.2 Å². The van der Waals surface area contributed by atoms with Gasteiger partial charge in [0.15, 0.2) is 5.17 Å². The van der Waals surface area contributed by atoms with E-state index in [1.165, 1.54) is 28.8 Å². The third-order valence-corrected chi connectivity index (χ3v) is 7.29. The van der Waals surface area contributed by atoms with Crippen LogP contribution in [0, 0.1) is 5.82 Å². The fourth-order valence-electron chi connectivity index (χ4n) is 3.83. The second-order valence-electron chi connectivity index (χ2n) is 8.54. The number of ether oxygens (including phenoxy) is 1. The van der Waals surface area contributed by atoms with E-state index in [1.54, 1.807) is 61.5 Å². The molecule has 7 nitrogen and oxygen atoms in total. The zero-order chi connectivity index (χ0) is 27.9. The quantitative estimate of drug-likeness (QED) is 0.288. The number of nitrogens with one attached hydrogen (secondary N) is 1. The van der Waals surface area contributed by atoms with E-state index in [-0.39, 0.29) is 30.7 Å². The largest absolute Gasteiger partial charge is 0.462 e. The van der Waals surface area contributed by atoms with E-state index >= 15 is 0 Å². The third kappa shape index (κ3) is 7.81. The van der Waals surface area contributed by atoms with E-state index in [0.717, 1.165) is 5.56 Å². The molecule has 3 aromatic rings. The van der Waals surface area contributed by atoms with Crippen LogP contribution in [0.2, 0.25) is 10.0 Å². The van der Waals surface area contributed by atoms with E-state index in [4.69, 9.17) is 27.9 Å². The Kier molecular flexibility index (Phi) is 9.61. The molecule has 0 bridgehead atoms. The molecule has 0 unspecified atom stereocenters. The molecule has 1 aliphatic heterocycles. The van der Waals surface area contributed by atoms with Gasteiger partial charge in [0, 0.05) is 28.7 Å². The van der Waals surface area contributed by atoms with Crippen LogP contribution in [-0.2, 0) is 20.7 Å². The lowest BCUT2D eigenvalue weighted by molar-refractivity contribution is -0.128. The minimum atomic E-state index is -0.703. The molecular weight excluding hydrogens is 564 g/mol. The summed E-state index contributed by atoms with van der Waals surface area (Å²) in [6.07, 6.45) is 0.370. The topological polar surface area (TPSA) is 88.1 Å². The van der Waals surface area contributed by atoms with Crippen LogP contribution >= 0.6 is 35.0 Å². The predicted octanol–water partition coefficient (Wildman–Crippen LogP) is 6.51. The van der Waals surface area contributed by atoms with Gasteiger partial charge < -0.3 is 10.1 Å². The van der Waals surface area contributed by atoms with Gasteiger partial charge in [-0.3, -0.25) is 14.5 Å². The number of thioether (sulfide) groups is 1. The van der Waals surface area contributed by atoms with Crippen LogP contribution in [0.5, 0.6) is 0 Å². The lowest BCUT2D eigenvalue weighted by Crippen LogP contribution is -2.35. The molecule has 0 aromatic heterocycles. The standard InChI is InChI=1S/C28H24Cl2FN3O4S/c1-2-38-27(37)18-5-9-22(10-6-18)33-28-34(12-11-17-3-7-21(31)8-4-17)26(36)24(39-28)16-25(35)32-23-14-19(29)13-20(30)15-23/h3-10,13-15,24H,2,11-12,16H2,1H3,(H,32,35)/t24-/m0/s1. The second kappa shape index (κ2) is 13.1. The number of carbonyl (C=O) groups excluding carboxylic acids is 3. The summed E-state index contributed by atoms with van der Waals surface area (Å²) in [7, 11) is 0. The molecule has 1 fully saturated rings. The van der Waals surface area contributed by atoms with Crippen LogP contribution in [0.15, 0.2) is 71.7 Å². The number of nitrogens with zero attached hydrogens (tertiary/aromatic N) is 2. The normalized spacial score (nSPS) is 16.0. The maximum atomic E-state index is 13.4. The summed E-state index contributed by atoms with van der Waals surface area (Å²) in [6, 6.07) is 17.3. The number of carbonyl (C=O) groups is 3. The van der Waals surface area contributed by atoms with Gasteiger partial charge in [-0.1, -0.05) is 47.1 Å². The molecule has 3 aromatic carbocycles. The molecule has 4 rings (SSSR count). The molecule has 0 spiro atoms. The number of anilines is 1. The van der Waals surface area contributed by atoms with Crippen molar-refractivity contribution in [3.05, 3.63) is 93.7 Å². The Morgan fingerprint density at radius 1 is 1.05 bits per heavy atom. The number of amides is 2. The fourth-order valence-corrected chi connectivity index (χ4v) is 5.54. The van der Waals surface area contributed by atoms with Crippen molar-refractivity contribution in [1.29, 1.82) is 0 Å². The van der Waals surface area contributed by atoms with E-state index in [2.05, 4.69) is 10.3 Å². The maximum Gasteiger partial charge on any atom is 0.338 e. The van der Waals surface area contributed by atoms with Gasteiger partial charge in [0.2, 0.25) is 11.8 Å². The Balaban J connectivity index is 1.52. The summed E-state index contributed by atoms with van der Waals surface area (Å²) < 4.78 is 18.3. The Morgan fingerprint density at radius 2 is 1.72 bits per heavy atom. The molecule has 0 saturated carbocycles. The van der Waals surface area contributed by atoms with Crippen molar-refractivity contribution in [2.24, 2.45) is 4.99 Å². The van der Waals surface area contributed by atoms with Crippen molar-refractivity contribution < 1.29 is 23.5 Å². The number of esters is 1. The molecule has 1 heterocycles. The van der Waals surface area contributed by atoms with Crippen LogP contribution in [0.1, 0.15) is 29.3 Å². The van der Waals surface area contributed by atoms with Gasteiger partial charge in [0.1, 0.15) is 11.1 Å². The van der Waals surface area contributed by atoms with Gasteiger partial charge in [0.25, 0.3) is 0 Å². The highest BCUT2D eigenvalue weighted by Crippen LogP contribution is 2.32. The van der Waals surface area contributed by atoms with Crippen molar-refractivity contribution in [3.8, 4) is 0 Å². The fraction of sp³-hybridized carbons (Fsp3) is 0.214. The number of aliphatic imine (C=N–C) groups is 1. The lowest BCUT2D eigenvalue weighted by atomic mass is 10.1. The van der Waals surface area contributed by atoms with Crippen molar-refractivity contribution in [1.82, 2.24) is 4.90 Å². The summed E-state index contributed by atoms with van der Waals surface area (Å²) in [5.41, 5.74) is 2.20. The Bertz CT molecular complexity index is 1380. The SMILES string of the molecule is CCOC(=O)c1ccc(N=C2S[C@@H](CC(=O)Nc3cc(Cl)cc(Cl)c3)C(=O)N2CCc2ccc(F)cc2)cc1. The lowest BCUT2D eigenvalue weighted by Gasteiger charge is -2.16. The zero-order valence-corrected chi connectivity index (χ0v) is 23.2. The molecule has 11 heteroatoms. The van der Waals surface area contributed by atoms with Crippen molar-refractivity contribution in [3.63, 3.8) is 0 Å². The van der Waals surface area contributed by atoms with Crippen LogP contribution in [0.25, 0.3) is 0 Å². The Labute approximate surface area is 239 Å². The van der Waals surface area contributed by atoms with Crippen molar-refractivity contribution in [2.75, 3.05) is 18.5 Å². The van der Waals surface area contributed by atoms with Gasteiger partial charge >= 0.3 is 5.97 Å². The number of hydrogen-bond donors (Lipinski definition) is 1. The smallest absolute Gasteiger partial charge is 0.338 e. The number of rotatable bonds is 9. The minimum Gasteiger partial charge on any atom is -0.462 e. The molecule has 0 radical (unpaired) electrons. The first-order valence-electron chi connectivity index (χ1n) is 12.1. The molecule has 0 aliphatic carbocycles. The van der Waals surface area contributed by atoms with Crippen LogP contribution in [0.3, 0.4) is 0 Å². The highest BCUT2D eigenvalue weighted by molar-refractivity contribution is 8.15. The number of hydrogen-bond acceptors (Lipinski definition) is 6. The highest BCUT2D eigenvalue weighted by Gasteiger charge is 2.39. The summed E-state index contributed by atoms with van der Waals surface area (Å²) in [4.78, 5) is 44.3. The maximum absolute atomic E-state index is 13.4. The summed E-state index contributed by atoms with van der Waals surface area (Å²) in [5.74, 6) is -1.41. The molecule has 1 aliphatic rings. The first-order chi connectivity index (χ1) is 18.7.